The number of hydrogen-bond donors (Lipinski definition) is 2. The number of hydrogen-bond acceptors (Lipinski definition) is 4. The lowest BCUT2D eigenvalue weighted by atomic mass is 10.3. The van der Waals surface area contributed by atoms with Crippen LogP contribution in [0.2, 0.25) is 0 Å². The zero-order valence-corrected chi connectivity index (χ0v) is 16.5. The van der Waals surface area contributed by atoms with Crippen LogP contribution in [0.4, 0.5) is 5.69 Å². The molecule has 0 amide bonds. The molecule has 1 aromatic carbocycles. The van der Waals surface area contributed by atoms with E-state index in [1.54, 1.807) is 7.05 Å². The summed E-state index contributed by atoms with van der Waals surface area (Å²) in [7, 11) is 1.76. The number of rotatable bonds is 6. The summed E-state index contributed by atoms with van der Waals surface area (Å²) < 4.78 is 11.3. The number of thioether (sulfide) groups is 1. The number of anilines is 1. The molecule has 1 aliphatic heterocycles. The fourth-order valence-electron chi connectivity index (χ4n) is 1.97. The number of aliphatic imine (C=N–C) groups is 1. The van der Waals surface area contributed by atoms with Crippen molar-refractivity contribution in [1.82, 2.24) is 5.32 Å². The lowest BCUT2D eigenvalue weighted by Crippen LogP contribution is -2.32. The number of nitrogens with one attached hydrogen (secondary N) is 2. The summed E-state index contributed by atoms with van der Waals surface area (Å²) in [6, 6.07) is 5.84. The fourth-order valence-corrected chi connectivity index (χ4v) is 2.54. The molecular weight excluding hydrogens is 425 g/mol. The van der Waals surface area contributed by atoms with Gasteiger partial charge in [-0.3, -0.25) is 4.99 Å². The predicted octanol–water partition coefficient (Wildman–Crippen LogP) is 3.37. The van der Waals surface area contributed by atoms with Crippen molar-refractivity contribution < 1.29 is 9.47 Å². The number of guanidine groups is 1. The lowest BCUT2D eigenvalue weighted by Gasteiger charge is -2.13. The van der Waals surface area contributed by atoms with Crippen molar-refractivity contribution >= 4 is 47.4 Å². The molecule has 0 aliphatic carbocycles. The second-order valence-electron chi connectivity index (χ2n) is 4.70. The first-order valence-electron chi connectivity index (χ1n) is 7.39. The molecule has 0 aromatic heterocycles. The Labute approximate surface area is 159 Å². The Morgan fingerprint density at radius 2 is 2.13 bits per heavy atom. The highest BCUT2D eigenvalue weighted by atomic mass is 127. The third kappa shape index (κ3) is 6.90. The summed E-state index contributed by atoms with van der Waals surface area (Å²) >= 11 is 1.83. The zero-order valence-electron chi connectivity index (χ0n) is 13.3. The quantitative estimate of drug-likeness (QED) is 0.229. The molecule has 0 spiro atoms. The predicted molar refractivity (Wildman–Crippen MR) is 110 cm³/mol. The molecular formula is C16H24IN3O2S. The van der Waals surface area contributed by atoms with Crippen LogP contribution in [0.15, 0.2) is 35.8 Å². The maximum atomic E-state index is 5.69. The van der Waals surface area contributed by atoms with Crippen LogP contribution in [0.1, 0.15) is 6.42 Å². The Kier molecular flexibility index (Phi) is 9.93. The van der Waals surface area contributed by atoms with Crippen LogP contribution in [0.3, 0.4) is 0 Å². The molecule has 23 heavy (non-hydrogen) atoms. The SMILES string of the molecule is C=CCSCCNC(=NC)Nc1ccc2c(c1)OCCCO2.I. The van der Waals surface area contributed by atoms with Gasteiger partial charge in [-0.1, -0.05) is 6.08 Å². The Morgan fingerprint density at radius 3 is 2.87 bits per heavy atom. The maximum Gasteiger partial charge on any atom is 0.195 e. The molecule has 5 nitrogen and oxygen atoms in total. The van der Waals surface area contributed by atoms with Gasteiger partial charge < -0.3 is 20.1 Å². The third-order valence-corrected chi connectivity index (χ3v) is 3.97. The fraction of sp³-hybridized carbons (Fsp3) is 0.438. The van der Waals surface area contributed by atoms with Crippen LogP contribution >= 0.6 is 35.7 Å². The van der Waals surface area contributed by atoms with Crippen LogP contribution in [0.5, 0.6) is 11.5 Å². The molecule has 0 bridgehead atoms. The summed E-state index contributed by atoms with van der Waals surface area (Å²) in [6.45, 7) is 5.94. The lowest BCUT2D eigenvalue weighted by molar-refractivity contribution is 0.297. The van der Waals surface area contributed by atoms with Gasteiger partial charge in [0.2, 0.25) is 0 Å². The van der Waals surface area contributed by atoms with E-state index >= 15 is 0 Å². The van der Waals surface area contributed by atoms with Crippen molar-refractivity contribution in [2.45, 2.75) is 6.42 Å². The zero-order chi connectivity index (χ0) is 15.6. The summed E-state index contributed by atoms with van der Waals surface area (Å²) in [6.07, 6.45) is 2.82. The van der Waals surface area contributed by atoms with E-state index in [4.69, 9.17) is 9.47 Å². The van der Waals surface area contributed by atoms with E-state index in [2.05, 4.69) is 22.2 Å². The average molecular weight is 449 g/mol. The first kappa shape index (κ1) is 20.0. The van der Waals surface area contributed by atoms with E-state index in [0.717, 1.165) is 47.6 Å². The molecule has 0 saturated carbocycles. The van der Waals surface area contributed by atoms with E-state index < -0.39 is 0 Å². The van der Waals surface area contributed by atoms with Crippen molar-refractivity contribution in [2.24, 2.45) is 4.99 Å². The summed E-state index contributed by atoms with van der Waals surface area (Å²) in [5.74, 6) is 4.30. The van der Waals surface area contributed by atoms with Crippen LogP contribution in [-0.4, -0.2) is 44.3 Å². The van der Waals surface area contributed by atoms with Crippen molar-refractivity contribution in [3.05, 3.63) is 30.9 Å². The summed E-state index contributed by atoms with van der Waals surface area (Å²) in [5.41, 5.74) is 0.927. The van der Waals surface area contributed by atoms with Gasteiger partial charge in [0.1, 0.15) is 0 Å². The first-order valence-corrected chi connectivity index (χ1v) is 8.55. The van der Waals surface area contributed by atoms with Crippen molar-refractivity contribution in [2.75, 3.05) is 43.6 Å². The van der Waals surface area contributed by atoms with Gasteiger partial charge in [-0.25, -0.2) is 0 Å². The Balaban J connectivity index is 0.00000264. The van der Waals surface area contributed by atoms with Crippen LogP contribution < -0.4 is 20.1 Å². The maximum absolute atomic E-state index is 5.69. The highest BCUT2D eigenvalue weighted by Crippen LogP contribution is 2.32. The van der Waals surface area contributed by atoms with Crippen molar-refractivity contribution in [3.8, 4) is 11.5 Å². The smallest absolute Gasteiger partial charge is 0.195 e. The van der Waals surface area contributed by atoms with Crippen molar-refractivity contribution in [1.29, 1.82) is 0 Å². The second-order valence-corrected chi connectivity index (χ2v) is 5.85. The molecule has 128 valence electrons. The number of halogens is 1. The standard InChI is InChI=1S/C16H23N3O2S.HI/c1-3-10-22-11-7-18-16(17-2)19-13-5-6-14-15(12-13)21-9-4-8-20-14;/h3,5-6,12H,1,4,7-11H2,2H3,(H2,17,18,19);1H. The normalized spacial score (nSPS) is 13.5. The Morgan fingerprint density at radius 1 is 1.35 bits per heavy atom. The van der Waals surface area contributed by atoms with Gasteiger partial charge in [-0.2, -0.15) is 11.8 Å². The second kappa shape index (κ2) is 11.4. The number of fused-ring (bicyclic) bond motifs is 1. The molecule has 0 unspecified atom stereocenters. The molecule has 2 rings (SSSR count). The molecule has 1 aromatic rings. The van der Waals surface area contributed by atoms with E-state index in [0.29, 0.717) is 13.2 Å². The van der Waals surface area contributed by atoms with Gasteiger partial charge in [-0.05, 0) is 12.1 Å². The Hall–Kier alpha value is -1.09. The van der Waals surface area contributed by atoms with Crippen LogP contribution in [0.25, 0.3) is 0 Å². The van der Waals surface area contributed by atoms with Crippen molar-refractivity contribution in [3.63, 3.8) is 0 Å². The van der Waals surface area contributed by atoms with Gasteiger partial charge in [0, 0.05) is 43.3 Å². The number of ether oxygens (including phenoxy) is 2. The van der Waals surface area contributed by atoms with E-state index in [1.165, 1.54) is 0 Å². The third-order valence-electron chi connectivity index (χ3n) is 3.01. The minimum Gasteiger partial charge on any atom is -0.490 e. The van der Waals surface area contributed by atoms with E-state index in [9.17, 15) is 0 Å². The van der Waals surface area contributed by atoms with E-state index in [1.807, 2.05) is 36.0 Å². The molecule has 2 N–H and O–H groups in total. The molecule has 1 aliphatic rings. The molecule has 0 radical (unpaired) electrons. The molecule has 1 heterocycles. The van der Waals surface area contributed by atoms with E-state index in [-0.39, 0.29) is 24.0 Å². The van der Waals surface area contributed by atoms with Gasteiger partial charge in [0.25, 0.3) is 0 Å². The Bertz CT molecular complexity index is 526. The van der Waals surface area contributed by atoms with Gasteiger partial charge in [-0.15, -0.1) is 30.6 Å². The van der Waals surface area contributed by atoms with Gasteiger partial charge in [0.05, 0.1) is 13.2 Å². The molecule has 7 heteroatoms. The number of benzene rings is 1. The average Bonchev–Trinajstić information content (AvgIpc) is 2.78. The van der Waals surface area contributed by atoms with Crippen LogP contribution in [-0.2, 0) is 0 Å². The molecule has 0 saturated heterocycles. The summed E-state index contributed by atoms with van der Waals surface area (Å²) in [4.78, 5) is 4.22. The highest BCUT2D eigenvalue weighted by molar-refractivity contribution is 14.0. The minimum atomic E-state index is 0. The molecule has 0 atom stereocenters. The topological polar surface area (TPSA) is 54.9 Å². The first-order chi connectivity index (χ1) is 10.8. The summed E-state index contributed by atoms with van der Waals surface area (Å²) in [5, 5.41) is 6.54. The van der Waals surface area contributed by atoms with Gasteiger partial charge >= 0.3 is 0 Å². The van der Waals surface area contributed by atoms with Gasteiger partial charge in [0.15, 0.2) is 17.5 Å². The minimum absolute atomic E-state index is 0. The molecule has 0 fully saturated rings. The highest BCUT2D eigenvalue weighted by Gasteiger charge is 2.11. The monoisotopic (exact) mass is 449 g/mol. The van der Waals surface area contributed by atoms with Crippen LogP contribution in [0, 0.1) is 0 Å². The largest absolute Gasteiger partial charge is 0.490 e. The number of nitrogens with zero attached hydrogens (tertiary/aromatic N) is 1.